The molecule has 1 saturated heterocycles. The van der Waals surface area contributed by atoms with Gasteiger partial charge >= 0.3 is 0 Å². The molecular weight excluding hydrogens is 479 g/mol. The van der Waals surface area contributed by atoms with Crippen LogP contribution in [0.3, 0.4) is 0 Å². The van der Waals surface area contributed by atoms with Crippen LogP contribution in [0.15, 0.2) is 52.1 Å². The van der Waals surface area contributed by atoms with Crippen molar-refractivity contribution in [1.29, 1.82) is 0 Å². The summed E-state index contributed by atoms with van der Waals surface area (Å²) in [6.07, 6.45) is 5.57. The van der Waals surface area contributed by atoms with Crippen molar-refractivity contribution >= 4 is 29.9 Å². The SMILES string of the molecule is CCOc1ccccc1CNC(=NC)NCC(c1ccco1)N1CCCCC1.I. The number of halogens is 1. The number of hydrogen-bond donors (Lipinski definition) is 2. The van der Waals surface area contributed by atoms with Gasteiger partial charge in [-0.2, -0.15) is 0 Å². The number of rotatable bonds is 8. The van der Waals surface area contributed by atoms with Gasteiger partial charge in [0.05, 0.1) is 18.9 Å². The summed E-state index contributed by atoms with van der Waals surface area (Å²) < 4.78 is 11.4. The molecule has 0 amide bonds. The Morgan fingerprint density at radius 2 is 1.93 bits per heavy atom. The molecular formula is C22H33IN4O2. The number of benzene rings is 1. The highest BCUT2D eigenvalue weighted by Gasteiger charge is 2.24. The van der Waals surface area contributed by atoms with Gasteiger partial charge in [-0.25, -0.2) is 0 Å². The van der Waals surface area contributed by atoms with E-state index >= 15 is 0 Å². The molecule has 1 fully saturated rings. The van der Waals surface area contributed by atoms with Crippen LogP contribution < -0.4 is 15.4 Å². The minimum atomic E-state index is 0. The predicted molar refractivity (Wildman–Crippen MR) is 128 cm³/mol. The molecule has 0 saturated carbocycles. The molecule has 0 spiro atoms. The Bertz CT molecular complexity index is 730. The van der Waals surface area contributed by atoms with Crippen molar-refractivity contribution in [3.63, 3.8) is 0 Å². The van der Waals surface area contributed by atoms with Gasteiger partial charge < -0.3 is 19.8 Å². The fraction of sp³-hybridized carbons (Fsp3) is 0.500. The number of ether oxygens (including phenoxy) is 1. The molecule has 3 rings (SSSR count). The third kappa shape index (κ3) is 6.92. The second-order valence-corrected chi connectivity index (χ2v) is 6.98. The Balaban J connectivity index is 0.00000300. The Morgan fingerprint density at radius 3 is 2.62 bits per heavy atom. The van der Waals surface area contributed by atoms with Gasteiger partial charge in [0.2, 0.25) is 0 Å². The van der Waals surface area contributed by atoms with Crippen LogP contribution in [0.1, 0.15) is 43.6 Å². The predicted octanol–water partition coefficient (Wildman–Crippen LogP) is 4.19. The third-order valence-electron chi connectivity index (χ3n) is 5.11. The molecule has 1 aliphatic heterocycles. The first-order chi connectivity index (χ1) is 13.8. The first-order valence-electron chi connectivity index (χ1n) is 10.2. The Labute approximate surface area is 191 Å². The molecule has 1 atom stereocenters. The van der Waals surface area contributed by atoms with Gasteiger partial charge in [0.15, 0.2) is 5.96 Å². The molecule has 2 heterocycles. The number of guanidine groups is 1. The summed E-state index contributed by atoms with van der Waals surface area (Å²) in [5.74, 6) is 2.70. The molecule has 0 bridgehead atoms. The molecule has 1 aromatic carbocycles. The number of likely N-dealkylation sites (tertiary alicyclic amines) is 1. The molecule has 2 aromatic rings. The number of aliphatic imine (C=N–C) groups is 1. The highest BCUT2D eigenvalue weighted by Crippen LogP contribution is 2.24. The minimum absolute atomic E-state index is 0. The van der Waals surface area contributed by atoms with Crippen molar-refractivity contribution in [3.8, 4) is 5.75 Å². The zero-order valence-corrected chi connectivity index (χ0v) is 19.7. The van der Waals surface area contributed by atoms with Gasteiger partial charge in [-0.1, -0.05) is 24.6 Å². The van der Waals surface area contributed by atoms with E-state index in [0.29, 0.717) is 13.2 Å². The van der Waals surface area contributed by atoms with Crippen molar-refractivity contribution in [2.24, 2.45) is 4.99 Å². The van der Waals surface area contributed by atoms with Crippen molar-refractivity contribution in [1.82, 2.24) is 15.5 Å². The number of nitrogens with one attached hydrogen (secondary N) is 2. The lowest BCUT2D eigenvalue weighted by molar-refractivity contribution is 0.146. The maximum Gasteiger partial charge on any atom is 0.191 e. The summed E-state index contributed by atoms with van der Waals surface area (Å²) in [7, 11) is 1.80. The average Bonchev–Trinajstić information content (AvgIpc) is 3.27. The van der Waals surface area contributed by atoms with Crippen molar-refractivity contribution in [3.05, 3.63) is 54.0 Å². The quantitative estimate of drug-likeness (QED) is 0.316. The second kappa shape index (κ2) is 12.7. The number of piperidine rings is 1. The fourth-order valence-electron chi connectivity index (χ4n) is 3.66. The summed E-state index contributed by atoms with van der Waals surface area (Å²) >= 11 is 0. The number of hydrogen-bond acceptors (Lipinski definition) is 4. The lowest BCUT2D eigenvalue weighted by Gasteiger charge is -2.33. The molecule has 0 radical (unpaired) electrons. The summed E-state index contributed by atoms with van der Waals surface area (Å²) in [4.78, 5) is 6.89. The zero-order chi connectivity index (χ0) is 19.6. The van der Waals surface area contributed by atoms with Crippen LogP contribution in [-0.4, -0.2) is 44.1 Å². The first kappa shape index (κ1) is 23.5. The van der Waals surface area contributed by atoms with E-state index in [1.54, 1.807) is 13.3 Å². The summed E-state index contributed by atoms with van der Waals surface area (Å²) in [6, 6.07) is 12.3. The monoisotopic (exact) mass is 512 g/mol. The number of para-hydroxylation sites is 1. The van der Waals surface area contributed by atoms with E-state index in [4.69, 9.17) is 9.15 Å². The topological polar surface area (TPSA) is 62.0 Å². The number of nitrogens with zero attached hydrogens (tertiary/aromatic N) is 2. The molecule has 0 aliphatic carbocycles. The molecule has 1 unspecified atom stereocenters. The summed E-state index contributed by atoms with van der Waals surface area (Å²) in [6.45, 7) is 6.29. The van der Waals surface area contributed by atoms with Crippen LogP contribution in [0.4, 0.5) is 0 Å². The first-order valence-corrected chi connectivity index (χ1v) is 10.2. The van der Waals surface area contributed by atoms with Gasteiger partial charge in [0, 0.05) is 25.7 Å². The molecule has 29 heavy (non-hydrogen) atoms. The Hall–Kier alpha value is -1.74. The van der Waals surface area contributed by atoms with Gasteiger partial charge in [0.1, 0.15) is 11.5 Å². The van der Waals surface area contributed by atoms with Gasteiger partial charge in [0.25, 0.3) is 0 Å². The van der Waals surface area contributed by atoms with E-state index in [1.165, 1.54) is 19.3 Å². The van der Waals surface area contributed by atoms with E-state index in [-0.39, 0.29) is 30.0 Å². The Morgan fingerprint density at radius 1 is 1.14 bits per heavy atom. The fourth-order valence-corrected chi connectivity index (χ4v) is 3.66. The van der Waals surface area contributed by atoms with E-state index < -0.39 is 0 Å². The molecule has 6 nitrogen and oxygen atoms in total. The van der Waals surface area contributed by atoms with E-state index in [1.807, 2.05) is 31.2 Å². The molecule has 1 aromatic heterocycles. The molecule has 160 valence electrons. The number of furan rings is 1. The van der Waals surface area contributed by atoms with E-state index in [0.717, 1.165) is 42.7 Å². The lowest BCUT2D eigenvalue weighted by atomic mass is 10.1. The summed E-state index contributed by atoms with van der Waals surface area (Å²) in [5.41, 5.74) is 1.12. The maximum atomic E-state index is 5.73. The largest absolute Gasteiger partial charge is 0.494 e. The normalized spacial score (nSPS) is 16.0. The van der Waals surface area contributed by atoms with Crippen LogP contribution in [0.25, 0.3) is 0 Å². The van der Waals surface area contributed by atoms with Crippen LogP contribution >= 0.6 is 24.0 Å². The highest BCUT2D eigenvalue weighted by molar-refractivity contribution is 14.0. The van der Waals surface area contributed by atoms with Crippen molar-refractivity contribution in [2.45, 2.75) is 38.8 Å². The van der Waals surface area contributed by atoms with Gasteiger partial charge in [-0.05, 0) is 51.1 Å². The smallest absolute Gasteiger partial charge is 0.191 e. The molecule has 7 heteroatoms. The van der Waals surface area contributed by atoms with Crippen molar-refractivity contribution < 1.29 is 9.15 Å². The lowest BCUT2D eigenvalue weighted by Crippen LogP contribution is -2.44. The second-order valence-electron chi connectivity index (χ2n) is 6.98. The summed E-state index contributed by atoms with van der Waals surface area (Å²) in [5, 5.41) is 6.87. The maximum absolute atomic E-state index is 5.73. The zero-order valence-electron chi connectivity index (χ0n) is 17.4. The van der Waals surface area contributed by atoms with Crippen LogP contribution in [0, 0.1) is 0 Å². The third-order valence-corrected chi connectivity index (χ3v) is 5.11. The van der Waals surface area contributed by atoms with Crippen LogP contribution in [0.2, 0.25) is 0 Å². The van der Waals surface area contributed by atoms with Crippen LogP contribution in [0.5, 0.6) is 5.75 Å². The van der Waals surface area contributed by atoms with E-state index in [9.17, 15) is 0 Å². The van der Waals surface area contributed by atoms with Gasteiger partial charge in [-0.15, -0.1) is 24.0 Å². The minimum Gasteiger partial charge on any atom is -0.494 e. The van der Waals surface area contributed by atoms with Crippen LogP contribution in [-0.2, 0) is 6.54 Å². The standard InChI is InChI=1S/C22H32N4O2.HI/c1-3-27-20-11-6-5-10-18(20)16-24-22(23-2)25-17-19(21-12-9-15-28-21)26-13-7-4-8-14-26;/h5-6,9-12,15,19H,3-4,7-8,13-14,16-17H2,1-2H3,(H2,23,24,25);1H. The molecule has 2 N–H and O–H groups in total. The van der Waals surface area contributed by atoms with Crippen molar-refractivity contribution in [2.75, 3.05) is 33.3 Å². The highest BCUT2D eigenvalue weighted by atomic mass is 127. The molecule has 1 aliphatic rings. The Kier molecular flexibility index (Phi) is 10.3. The van der Waals surface area contributed by atoms with Gasteiger partial charge in [-0.3, -0.25) is 9.89 Å². The average molecular weight is 512 g/mol. The van der Waals surface area contributed by atoms with E-state index in [2.05, 4.69) is 32.7 Å².